The van der Waals surface area contributed by atoms with Crippen LogP contribution in [-0.2, 0) is 9.53 Å². The van der Waals surface area contributed by atoms with Crippen molar-refractivity contribution in [2.24, 2.45) is 0 Å². The van der Waals surface area contributed by atoms with Crippen LogP contribution in [0.4, 0.5) is 11.4 Å². The molecule has 3 rings (SSSR count). The molecular weight excluding hydrogens is 256 g/mol. The summed E-state index contributed by atoms with van der Waals surface area (Å²) in [5.41, 5.74) is 2.03. The molecule has 1 fully saturated rings. The average Bonchev–Trinajstić information content (AvgIpc) is 2.62. The lowest BCUT2D eigenvalue weighted by Gasteiger charge is -2.39. The summed E-state index contributed by atoms with van der Waals surface area (Å²) in [4.78, 5) is 27.1. The molecule has 0 radical (unpaired) electrons. The molecule has 0 spiro atoms. The third-order valence-corrected chi connectivity index (χ3v) is 3.88. The predicted octanol–water partition coefficient (Wildman–Crippen LogP) is 1.46. The van der Waals surface area contributed by atoms with Gasteiger partial charge in [-0.05, 0) is 32.0 Å². The number of Topliss-reactive ketones (excluding diaryl/α,β-unsaturated/α-hetero) is 1. The van der Waals surface area contributed by atoms with Crippen LogP contribution in [0.2, 0.25) is 0 Å². The molecular formula is C15H18N2O3. The van der Waals surface area contributed by atoms with E-state index in [1.54, 1.807) is 13.1 Å². The van der Waals surface area contributed by atoms with E-state index >= 15 is 0 Å². The highest BCUT2D eigenvalue weighted by atomic mass is 16.5. The fourth-order valence-corrected chi connectivity index (χ4v) is 2.80. The number of amides is 1. The standard InChI is InChI=1S/C15H18N2O3/c1-15(2)9-17(6-7-20-15)10-4-5-11-12(8-10)16(3)14(19)13(11)18/h4-5,8H,6-7,9H2,1-3H3. The fourth-order valence-electron chi connectivity index (χ4n) is 2.80. The molecule has 0 atom stereocenters. The van der Waals surface area contributed by atoms with Crippen LogP contribution >= 0.6 is 0 Å². The van der Waals surface area contributed by atoms with Crippen LogP contribution < -0.4 is 9.80 Å². The number of ketones is 1. The summed E-state index contributed by atoms with van der Waals surface area (Å²) in [6, 6.07) is 5.57. The Hall–Kier alpha value is -1.88. The zero-order chi connectivity index (χ0) is 14.5. The molecule has 0 N–H and O–H groups in total. The van der Waals surface area contributed by atoms with E-state index in [2.05, 4.69) is 18.7 Å². The van der Waals surface area contributed by atoms with Gasteiger partial charge < -0.3 is 14.5 Å². The lowest BCUT2D eigenvalue weighted by molar-refractivity contribution is -0.114. The fraction of sp³-hybridized carbons (Fsp3) is 0.467. The minimum absolute atomic E-state index is 0.186. The second-order valence-electron chi connectivity index (χ2n) is 5.92. The van der Waals surface area contributed by atoms with Crippen molar-refractivity contribution in [1.29, 1.82) is 0 Å². The van der Waals surface area contributed by atoms with Crippen molar-refractivity contribution in [3.05, 3.63) is 23.8 Å². The Labute approximate surface area is 118 Å². The van der Waals surface area contributed by atoms with Crippen LogP contribution in [0.1, 0.15) is 24.2 Å². The van der Waals surface area contributed by atoms with Gasteiger partial charge in [0.05, 0.1) is 23.5 Å². The van der Waals surface area contributed by atoms with Gasteiger partial charge in [0.15, 0.2) is 0 Å². The summed E-state index contributed by atoms with van der Waals surface area (Å²) in [6.45, 7) is 6.40. The van der Waals surface area contributed by atoms with Crippen LogP contribution in [0.3, 0.4) is 0 Å². The van der Waals surface area contributed by atoms with Gasteiger partial charge in [0, 0.05) is 25.8 Å². The van der Waals surface area contributed by atoms with Gasteiger partial charge in [0.1, 0.15) is 0 Å². The molecule has 106 valence electrons. The molecule has 0 aromatic heterocycles. The Balaban J connectivity index is 1.94. The van der Waals surface area contributed by atoms with Crippen molar-refractivity contribution < 1.29 is 14.3 Å². The number of carbonyl (C=O) groups excluding carboxylic acids is 2. The van der Waals surface area contributed by atoms with Gasteiger partial charge in [0.2, 0.25) is 0 Å². The molecule has 0 bridgehead atoms. The third-order valence-electron chi connectivity index (χ3n) is 3.88. The third kappa shape index (κ3) is 1.98. The Bertz CT molecular complexity index is 595. The largest absolute Gasteiger partial charge is 0.372 e. The van der Waals surface area contributed by atoms with Gasteiger partial charge in [-0.2, -0.15) is 0 Å². The molecule has 0 aliphatic carbocycles. The van der Waals surface area contributed by atoms with Crippen molar-refractivity contribution in [3.63, 3.8) is 0 Å². The Morgan fingerprint density at radius 1 is 1.25 bits per heavy atom. The van der Waals surface area contributed by atoms with Crippen LogP contribution in [0.25, 0.3) is 0 Å². The first-order valence-electron chi connectivity index (χ1n) is 6.74. The summed E-state index contributed by atoms with van der Waals surface area (Å²) in [7, 11) is 1.64. The SMILES string of the molecule is CN1C(=O)C(=O)c2ccc(N3CCOC(C)(C)C3)cc21. The summed E-state index contributed by atoms with van der Waals surface area (Å²) >= 11 is 0. The van der Waals surface area contributed by atoms with Crippen LogP contribution in [0.15, 0.2) is 18.2 Å². The molecule has 20 heavy (non-hydrogen) atoms. The topological polar surface area (TPSA) is 49.9 Å². The first-order chi connectivity index (χ1) is 9.39. The van der Waals surface area contributed by atoms with Gasteiger partial charge in [-0.25, -0.2) is 0 Å². The molecule has 1 saturated heterocycles. The van der Waals surface area contributed by atoms with E-state index in [-0.39, 0.29) is 5.60 Å². The van der Waals surface area contributed by atoms with Crippen molar-refractivity contribution in [2.75, 3.05) is 36.5 Å². The molecule has 1 aromatic rings. The lowest BCUT2D eigenvalue weighted by Crippen LogP contribution is -2.48. The van der Waals surface area contributed by atoms with Crippen LogP contribution in [0, 0.1) is 0 Å². The molecule has 1 amide bonds. The second kappa shape index (κ2) is 4.31. The number of carbonyl (C=O) groups is 2. The quantitative estimate of drug-likeness (QED) is 0.728. The highest BCUT2D eigenvalue weighted by Crippen LogP contribution is 2.33. The van der Waals surface area contributed by atoms with Crippen LogP contribution in [-0.4, -0.2) is 44.0 Å². The number of likely N-dealkylation sites (N-methyl/N-ethyl adjacent to an activating group) is 1. The minimum atomic E-state index is -0.459. The highest BCUT2D eigenvalue weighted by molar-refractivity contribution is 6.52. The maximum absolute atomic E-state index is 11.8. The van der Waals surface area contributed by atoms with E-state index in [1.807, 2.05) is 12.1 Å². The van der Waals surface area contributed by atoms with E-state index in [4.69, 9.17) is 4.74 Å². The van der Waals surface area contributed by atoms with E-state index < -0.39 is 11.7 Å². The lowest BCUT2D eigenvalue weighted by atomic mass is 10.1. The molecule has 2 heterocycles. The molecule has 0 unspecified atom stereocenters. The predicted molar refractivity (Wildman–Crippen MR) is 76.4 cm³/mol. The number of benzene rings is 1. The monoisotopic (exact) mass is 274 g/mol. The zero-order valence-electron chi connectivity index (χ0n) is 12.0. The highest BCUT2D eigenvalue weighted by Gasteiger charge is 2.34. The Morgan fingerprint density at radius 2 is 2.00 bits per heavy atom. The first-order valence-corrected chi connectivity index (χ1v) is 6.74. The van der Waals surface area contributed by atoms with E-state index in [1.165, 1.54) is 4.90 Å². The minimum Gasteiger partial charge on any atom is -0.372 e. The maximum atomic E-state index is 11.8. The summed E-state index contributed by atoms with van der Waals surface area (Å²) < 4.78 is 5.70. The first kappa shape index (κ1) is 13.1. The normalized spacial score (nSPS) is 21.4. The van der Waals surface area contributed by atoms with Crippen molar-refractivity contribution >= 4 is 23.1 Å². The molecule has 0 saturated carbocycles. The Morgan fingerprint density at radius 3 is 2.70 bits per heavy atom. The number of fused-ring (bicyclic) bond motifs is 1. The molecule has 1 aromatic carbocycles. The molecule has 5 nitrogen and oxygen atoms in total. The second-order valence-corrected chi connectivity index (χ2v) is 5.92. The Kier molecular flexibility index (Phi) is 2.83. The van der Waals surface area contributed by atoms with Crippen molar-refractivity contribution in [3.8, 4) is 0 Å². The van der Waals surface area contributed by atoms with Crippen molar-refractivity contribution in [1.82, 2.24) is 0 Å². The van der Waals surface area contributed by atoms with Gasteiger partial charge in [-0.3, -0.25) is 9.59 Å². The number of nitrogens with zero attached hydrogens (tertiary/aromatic N) is 2. The molecule has 2 aliphatic rings. The van der Waals surface area contributed by atoms with Gasteiger partial charge in [-0.1, -0.05) is 0 Å². The smallest absolute Gasteiger partial charge is 0.299 e. The number of anilines is 2. The average molecular weight is 274 g/mol. The van der Waals surface area contributed by atoms with E-state index in [0.29, 0.717) is 17.9 Å². The summed E-state index contributed by atoms with van der Waals surface area (Å²) in [5, 5.41) is 0. The van der Waals surface area contributed by atoms with Crippen LogP contribution in [0.5, 0.6) is 0 Å². The number of rotatable bonds is 1. The number of morpholine rings is 1. The van der Waals surface area contributed by atoms with Gasteiger partial charge >= 0.3 is 0 Å². The number of ether oxygens (including phenoxy) is 1. The van der Waals surface area contributed by atoms with Crippen molar-refractivity contribution in [2.45, 2.75) is 19.4 Å². The number of hydrogen-bond acceptors (Lipinski definition) is 4. The summed E-state index contributed by atoms with van der Waals surface area (Å²) in [5.74, 6) is -0.879. The van der Waals surface area contributed by atoms with E-state index in [9.17, 15) is 9.59 Å². The molecule has 5 heteroatoms. The number of hydrogen-bond donors (Lipinski definition) is 0. The van der Waals surface area contributed by atoms with Gasteiger partial charge in [-0.15, -0.1) is 0 Å². The summed E-state index contributed by atoms with van der Waals surface area (Å²) in [6.07, 6.45) is 0. The molecule has 2 aliphatic heterocycles. The maximum Gasteiger partial charge on any atom is 0.299 e. The van der Waals surface area contributed by atoms with Gasteiger partial charge in [0.25, 0.3) is 11.7 Å². The zero-order valence-corrected chi connectivity index (χ0v) is 12.0. The van der Waals surface area contributed by atoms with E-state index in [0.717, 1.165) is 18.8 Å².